The molecule has 0 aliphatic rings. The Bertz CT molecular complexity index is 919. The van der Waals surface area contributed by atoms with E-state index in [9.17, 15) is 24.3 Å². The Morgan fingerprint density at radius 1 is 0.625 bits per heavy atom. The first kappa shape index (κ1) is 36.0. The molecule has 0 saturated heterocycles. The van der Waals surface area contributed by atoms with Crippen LogP contribution in [-0.4, -0.2) is 96.2 Å². The molecule has 18 nitrogen and oxygen atoms in total. The first-order valence-electron chi connectivity index (χ1n) is 12.4. The van der Waals surface area contributed by atoms with Gasteiger partial charge in [0.1, 0.15) is 18.1 Å². The molecule has 0 aliphatic heterocycles. The third-order valence-corrected chi connectivity index (χ3v) is 5.62. The lowest BCUT2D eigenvalue weighted by molar-refractivity contribution is -0.141. The number of aliphatic imine (C=N–C) groups is 3. The average molecular weight is 590 g/mol. The van der Waals surface area contributed by atoms with Crippen molar-refractivity contribution < 1.29 is 24.3 Å². The number of hydrogen-bond donors (Lipinski definition) is 12. The Hall–Kier alpha value is -4.00. The molecule has 0 aromatic carbocycles. The molecule has 19 heteroatoms. The van der Waals surface area contributed by atoms with Gasteiger partial charge in [0.05, 0.1) is 6.04 Å². The zero-order chi connectivity index (χ0) is 30.7. The van der Waals surface area contributed by atoms with Crippen LogP contribution in [-0.2, 0) is 19.2 Å². The highest BCUT2D eigenvalue weighted by Gasteiger charge is 2.29. The third kappa shape index (κ3) is 16.8. The van der Waals surface area contributed by atoms with Gasteiger partial charge in [0.2, 0.25) is 17.7 Å². The maximum absolute atomic E-state index is 13.2. The fraction of sp³-hybridized carbons (Fsp3) is 0.667. The zero-order valence-corrected chi connectivity index (χ0v) is 23.2. The molecule has 3 amide bonds. The molecule has 0 spiro atoms. The maximum atomic E-state index is 13.2. The van der Waals surface area contributed by atoms with Crippen molar-refractivity contribution in [2.45, 2.75) is 62.7 Å². The number of aliphatic carboxylic acids is 1. The molecule has 228 valence electrons. The molecule has 18 N–H and O–H groups in total. The average Bonchev–Trinajstić information content (AvgIpc) is 2.87. The summed E-state index contributed by atoms with van der Waals surface area (Å²) in [6.45, 7) is 0.605. The topological polar surface area (TPSA) is 344 Å². The summed E-state index contributed by atoms with van der Waals surface area (Å²) in [6.07, 6.45) is 1.40. The fourth-order valence-corrected chi connectivity index (χ4v) is 3.45. The van der Waals surface area contributed by atoms with Crippen molar-refractivity contribution in [1.82, 2.24) is 16.0 Å². The van der Waals surface area contributed by atoms with Crippen LogP contribution in [0, 0.1) is 0 Å². The zero-order valence-electron chi connectivity index (χ0n) is 22.3. The second-order valence-corrected chi connectivity index (χ2v) is 9.02. The van der Waals surface area contributed by atoms with Crippen LogP contribution in [0.25, 0.3) is 0 Å². The van der Waals surface area contributed by atoms with Gasteiger partial charge in [-0.15, -0.1) is 0 Å². The van der Waals surface area contributed by atoms with Crippen LogP contribution in [0.1, 0.15) is 38.5 Å². The largest absolute Gasteiger partial charge is 0.480 e. The Balaban J connectivity index is 5.62. The van der Waals surface area contributed by atoms with Crippen molar-refractivity contribution in [2.24, 2.45) is 55.1 Å². The summed E-state index contributed by atoms with van der Waals surface area (Å²) < 4.78 is 0. The quantitative estimate of drug-likeness (QED) is 0.0274. The van der Waals surface area contributed by atoms with E-state index in [1.54, 1.807) is 0 Å². The minimum atomic E-state index is -1.30. The number of nitrogens with zero attached hydrogens (tertiary/aromatic N) is 3. The van der Waals surface area contributed by atoms with Crippen molar-refractivity contribution in [3.8, 4) is 0 Å². The van der Waals surface area contributed by atoms with Gasteiger partial charge in [-0.05, 0) is 38.5 Å². The number of thiol groups is 1. The Kier molecular flexibility index (Phi) is 18.0. The number of carbonyl (C=O) groups excluding carboxylic acids is 3. The molecule has 0 fully saturated rings. The van der Waals surface area contributed by atoms with Crippen LogP contribution in [0.2, 0.25) is 0 Å². The Morgan fingerprint density at radius 3 is 1.32 bits per heavy atom. The van der Waals surface area contributed by atoms with Crippen LogP contribution in [0.5, 0.6) is 0 Å². The second kappa shape index (κ2) is 20.0. The van der Waals surface area contributed by atoms with Gasteiger partial charge in [-0.1, -0.05) is 0 Å². The van der Waals surface area contributed by atoms with Gasteiger partial charge in [0.15, 0.2) is 17.9 Å². The fourth-order valence-electron chi connectivity index (χ4n) is 3.20. The first-order valence-corrected chi connectivity index (χ1v) is 13.1. The molecule has 4 unspecified atom stereocenters. The van der Waals surface area contributed by atoms with Crippen LogP contribution in [0.4, 0.5) is 0 Å². The minimum absolute atomic E-state index is 0.0617. The van der Waals surface area contributed by atoms with Gasteiger partial charge in [0, 0.05) is 25.4 Å². The van der Waals surface area contributed by atoms with Gasteiger partial charge in [0.25, 0.3) is 0 Å². The molecule has 0 saturated carbocycles. The van der Waals surface area contributed by atoms with Crippen molar-refractivity contribution in [1.29, 1.82) is 0 Å². The minimum Gasteiger partial charge on any atom is -0.480 e. The summed E-state index contributed by atoms with van der Waals surface area (Å²) in [4.78, 5) is 61.7. The van der Waals surface area contributed by atoms with Gasteiger partial charge in [-0.25, -0.2) is 4.79 Å². The number of carboxylic acids is 1. The van der Waals surface area contributed by atoms with E-state index in [0.717, 1.165) is 0 Å². The number of rotatable bonds is 20. The standard InChI is InChI=1S/C21H43N13O5S/c22-11(4-1-7-29-19(23)24)15(35)32-12(5-2-8-30-20(25)26)16(36)33-13(6-3-9-31-21(27)28)17(37)34-14(10-40)18(38)39/h11-14,40H,1-10,22H2,(H,32,35)(H,33,36)(H,34,37)(H,38,39)(H4,23,24,29)(H4,25,26,30)(H4,27,28,31). The van der Waals surface area contributed by atoms with Gasteiger partial charge in [-0.2, -0.15) is 12.6 Å². The van der Waals surface area contributed by atoms with E-state index in [2.05, 4.69) is 43.6 Å². The SMILES string of the molecule is NC(N)=NCCCC(N)C(=O)NC(CCCN=C(N)N)C(=O)NC(CCCN=C(N)N)C(=O)NC(CS)C(=O)O. The number of guanidine groups is 3. The molecular weight excluding hydrogens is 546 g/mol. The lowest BCUT2D eigenvalue weighted by Gasteiger charge is -2.25. The predicted molar refractivity (Wildman–Crippen MR) is 155 cm³/mol. The molecule has 0 heterocycles. The summed E-state index contributed by atoms with van der Waals surface area (Å²) in [5, 5.41) is 16.7. The van der Waals surface area contributed by atoms with E-state index in [-0.39, 0.29) is 68.9 Å². The van der Waals surface area contributed by atoms with Crippen molar-refractivity contribution in [3.05, 3.63) is 0 Å². The number of nitrogens with two attached hydrogens (primary N) is 7. The van der Waals surface area contributed by atoms with Crippen LogP contribution in [0.15, 0.2) is 15.0 Å². The molecule has 40 heavy (non-hydrogen) atoms. The Morgan fingerprint density at radius 2 is 0.975 bits per heavy atom. The van der Waals surface area contributed by atoms with E-state index in [1.807, 2.05) is 0 Å². The highest BCUT2D eigenvalue weighted by Crippen LogP contribution is 2.06. The highest BCUT2D eigenvalue weighted by molar-refractivity contribution is 7.80. The normalized spacial score (nSPS) is 13.4. The lowest BCUT2D eigenvalue weighted by atomic mass is 10.1. The van der Waals surface area contributed by atoms with Crippen LogP contribution >= 0.6 is 12.6 Å². The van der Waals surface area contributed by atoms with Gasteiger partial charge < -0.3 is 61.2 Å². The lowest BCUT2D eigenvalue weighted by Crippen LogP contribution is -2.57. The molecule has 4 atom stereocenters. The molecule has 0 bridgehead atoms. The molecule has 0 aliphatic carbocycles. The number of amides is 3. The van der Waals surface area contributed by atoms with Crippen LogP contribution < -0.4 is 56.1 Å². The second-order valence-electron chi connectivity index (χ2n) is 8.66. The summed E-state index contributed by atoms with van der Waals surface area (Å²) in [5.74, 6) is -3.93. The van der Waals surface area contributed by atoms with E-state index < -0.39 is 47.9 Å². The van der Waals surface area contributed by atoms with Gasteiger partial charge >= 0.3 is 5.97 Å². The maximum Gasteiger partial charge on any atom is 0.327 e. The van der Waals surface area contributed by atoms with E-state index in [4.69, 9.17) is 40.1 Å². The number of nitrogens with one attached hydrogen (secondary N) is 3. The van der Waals surface area contributed by atoms with Crippen molar-refractivity contribution in [2.75, 3.05) is 25.4 Å². The Labute approximate surface area is 237 Å². The van der Waals surface area contributed by atoms with E-state index in [1.165, 1.54) is 0 Å². The van der Waals surface area contributed by atoms with Gasteiger partial charge in [-0.3, -0.25) is 29.4 Å². The van der Waals surface area contributed by atoms with Crippen LogP contribution in [0.3, 0.4) is 0 Å². The summed E-state index contributed by atoms with van der Waals surface area (Å²) in [6, 6.07) is -4.54. The number of hydrogen-bond acceptors (Lipinski definition) is 9. The monoisotopic (exact) mass is 589 g/mol. The van der Waals surface area contributed by atoms with Crippen molar-refractivity contribution in [3.63, 3.8) is 0 Å². The van der Waals surface area contributed by atoms with Crippen molar-refractivity contribution >= 4 is 54.2 Å². The summed E-state index contributed by atoms with van der Waals surface area (Å²) in [7, 11) is 0. The molecule has 0 aromatic rings. The highest BCUT2D eigenvalue weighted by atomic mass is 32.1. The molecule has 0 aromatic heterocycles. The predicted octanol–water partition coefficient (Wildman–Crippen LogP) is -5.06. The number of carboxylic acid groups (broad SMARTS) is 1. The summed E-state index contributed by atoms with van der Waals surface area (Å²) in [5.41, 5.74) is 37.8. The molecule has 0 radical (unpaired) electrons. The third-order valence-electron chi connectivity index (χ3n) is 5.26. The molecule has 0 rings (SSSR count). The summed E-state index contributed by atoms with van der Waals surface area (Å²) >= 11 is 3.93. The smallest absolute Gasteiger partial charge is 0.327 e. The van der Waals surface area contributed by atoms with E-state index >= 15 is 0 Å². The van der Waals surface area contributed by atoms with E-state index in [0.29, 0.717) is 12.8 Å². The number of carbonyl (C=O) groups is 4. The molecular formula is C21H43N13O5S. The first-order chi connectivity index (χ1) is 18.8.